The molecule has 8 aromatic carbocycles. The average Bonchev–Trinajstić information content (AvgIpc) is 3.38. The summed E-state index contributed by atoms with van der Waals surface area (Å²) in [6, 6.07) is 76.8. The number of nitrogens with zero attached hydrogens (tertiary/aromatic N) is 2. The Labute approximate surface area is 381 Å². The molecule has 0 saturated carbocycles. The molecule has 64 heavy (non-hydrogen) atoms. The van der Waals surface area contributed by atoms with Crippen molar-refractivity contribution in [2.24, 2.45) is 0 Å². The lowest BCUT2D eigenvalue weighted by atomic mass is 9.95. The van der Waals surface area contributed by atoms with Gasteiger partial charge in [0.15, 0.2) is 0 Å². The van der Waals surface area contributed by atoms with Gasteiger partial charge in [-0.3, -0.25) is 0 Å². The molecule has 8 aromatic rings. The summed E-state index contributed by atoms with van der Waals surface area (Å²) >= 11 is 0. The third kappa shape index (κ3) is 9.83. The highest BCUT2D eigenvalue weighted by molar-refractivity contribution is 5.83. The van der Waals surface area contributed by atoms with Crippen LogP contribution in [0, 0.1) is 0 Å². The fourth-order valence-corrected chi connectivity index (χ4v) is 8.46. The Kier molecular flexibility index (Phi) is 14.1. The third-order valence-corrected chi connectivity index (χ3v) is 11.7. The van der Waals surface area contributed by atoms with Crippen LogP contribution in [-0.4, -0.2) is 6.04 Å². The van der Waals surface area contributed by atoms with E-state index in [1.165, 1.54) is 61.3 Å². The molecule has 2 heteroatoms. The molecule has 0 fully saturated rings. The third-order valence-electron chi connectivity index (χ3n) is 11.7. The first-order valence-electron chi connectivity index (χ1n) is 22.6. The SMILES string of the molecule is C/C=C\C(=C/C)c1ccc(N(c2ccc(-c3ccccc3)cc2)c2ccc(-c3ccc(N(c4ccc(-c5ccccc5)cc4)C4C=CC(c5ccccc5)=CC4)cc3)cc2)cc1.CC. The van der Waals surface area contributed by atoms with Crippen LogP contribution in [-0.2, 0) is 0 Å². The first-order valence-corrected chi connectivity index (χ1v) is 22.6. The van der Waals surface area contributed by atoms with Gasteiger partial charge >= 0.3 is 0 Å². The van der Waals surface area contributed by atoms with Gasteiger partial charge in [0.2, 0.25) is 0 Å². The lowest BCUT2D eigenvalue weighted by molar-refractivity contribution is 0.787. The van der Waals surface area contributed by atoms with Crippen LogP contribution in [0.25, 0.3) is 44.5 Å². The molecule has 1 aliphatic rings. The molecule has 0 radical (unpaired) electrons. The molecular weight excluding hydrogens is 773 g/mol. The van der Waals surface area contributed by atoms with Gasteiger partial charge in [-0.1, -0.05) is 202 Å². The number of allylic oxidation sites excluding steroid dienone is 6. The van der Waals surface area contributed by atoms with Crippen LogP contribution in [0.3, 0.4) is 0 Å². The quantitative estimate of drug-likeness (QED) is 0.113. The normalized spacial score (nSPS) is 13.5. The Morgan fingerprint density at radius 1 is 0.422 bits per heavy atom. The first kappa shape index (κ1) is 43.0. The van der Waals surface area contributed by atoms with Crippen LogP contribution in [0.15, 0.2) is 249 Å². The van der Waals surface area contributed by atoms with Crippen molar-refractivity contribution in [1.82, 2.24) is 0 Å². The summed E-state index contributed by atoms with van der Waals surface area (Å²) in [5.74, 6) is 0. The molecule has 0 bridgehead atoms. The van der Waals surface area contributed by atoms with E-state index in [9.17, 15) is 0 Å². The molecule has 0 saturated heterocycles. The topological polar surface area (TPSA) is 6.48 Å². The van der Waals surface area contributed by atoms with E-state index in [0.29, 0.717) is 0 Å². The summed E-state index contributed by atoms with van der Waals surface area (Å²) in [5.41, 5.74) is 17.8. The first-order chi connectivity index (χ1) is 31.6. The molecular formula is C62H56N2. The van der Waals surface area contributed by atoms with Gasteiger partial charge in [0, 0.05) is 28.4 Å². The Morgan fingerprint density at radius 2 is 0.781 bits per heavy atom. The monoisotopic (exact) mass is 828 g/mol. The number of benzene rings is 8. The molecule has 1 atom stereocenters. The highest BCUT2D eigenvalue weighted by atomic mass is 15.2. The minimum atomic E-state index is 0.171. The van der Waals surface area contributed by atoms with Gasteiger partial charge in [-0.2, -0.15) is 0 Å². The van der Waals surface area contributed by atoms with Gasteiger partial charge in [-0.15, -0.1) is 0 Å². The zero-order chi connectivity index (χ0) is 44.1. The van der Waals surface area contributed by atoms with Gasteiger partial charge in [-0.25, -0.2) is 0 Å². The Balaban J connectivity index is 0.00000276. The van der Waals surface area contributed by atoms with Gasteiger partial charge in [0.1, 0.15) is 0 Å². The fraction of sp³-hybridized carbons (Fsp3) is 0.0968. The number of rotatable bonds is 12. The molecule has 0 spiro atoms. The van der Waals surface area contributed by atoms with Crippen molar-refractivity contribution < 1.29 is 0 Å². The Bertz CT molecular complexity index is 2820. The van der Waals surface area contributed by atoms with Crippen LogP contribution in [0.1, 0.15) is 45.2 Å². The minimum Gasteiger partial charge on any atom is -0.334 e. The average molecular weight is 829 g/mol. The molecule has 0 heterocycles. The summed E-state index contributed by atoms with van der Waals surface area (Å²) in [4.78, 5) is 4.81. The van der Waals surface area contributed by atoms with E-state index in [1.807, 2.05) is 13.8 Å². The standard InChI is InChI=1S/C60H50N2.C2H6/c1-3-14-45(4-2)49-21-33-55(34-22-49)61(56-35-23-50(24-36-56)46-15-8-5-9-16-46)59-41-29-53(30-42-59)54-31-43-60(44-32-54)62(57-37-25-51(26-38-57)47-17-10-6-11-18-47)58-39-27-52(28-40-58)48-19-12-7-13-20-48;1-2/h3-39,41-44,58H,40H2,1-2H3;1-2H3/b14-3-,45-4+;. The van der Waals surface area contributed by atoms with Crippen molar-refractivity contribution in [2.75, 3.05) is 9.80 Å². The molecule has 2 nitrogen and oxygen atoms in total. The van der Waals surface area contributed by atoms with Crippen LogP contribution in [0.2, 0.25) is 0 Å². The van der Waals surface area contributed by atoms with Crippen molar-refractivity contribution >= 4 is 39.6 Å². The van der Waals surface area contributed by atoms with Crippen molar-refractivity contribution in [3.8, 4) is 33.4 Å². The lowest BCUT2D eigenvalue weighted by Gasteiger charge is -2.33. The minimum absolute atomic E-state index is 0.171. The highest BCUT2D eigenvalue weighted by Crippen LogP contribution is 2.39. The molecule has 0 N–H and O–H groups in total. The van der Waals surface area contributed by atoms with E-state index < -0.39 is 0 Å². The Morgan fingerprint density at radius 3 is 1.14 bits per heavy atom. The number of anilines is 5. The smallest absolute Gasteiger partial charge is 0.0560 e. The predicted octanol–water partition coefficient (Wildman–Crippen LogP) is 17.7. The van der Waals surface area contributed by atoms with Crippen molar-refractivity contribution in [1.29, 1.82) is 0 Å². The van der Waals surface area contributed by atoms with E-state index in [4.69, 9.17) is 0 Å². The van der Waals surface area contributed by atoms with Crippen LogP contribution in [0.5, 0.6) is 0 Å². The molecule has 0 aromatic heterocycles. The molecule has 0 aliphatic heterocycles. The van der Waals surface area contributed by atoms with E-state index in [1.54, 1.807) is 0 Å². The van der Waals surface area contributed by atoms with Gasteiger partial charge < -0.3 is 9.80 Å². The van der Waals surface area contributed by atoms with E-state index in [-0.39, 0.29) is 6.04 Å². The van der Waals surface area contributed by atoms with Crippen molar-refractivity contribution in [3.63, 3.8) is 0 Å². The highest BCUT2D eigenvalue weighted by Gasteiger charge is 2.21. The molecule has 314 valence electrons. The number of hydrogen-bond acceptors (Lipinski definition) is 2. The van der Waals surface area contributed by atoms with Crippen molar-refractivity contribution in [3.05, 3.63) is 260 Å². The molecule has 0 amide bonds. The van der Waals surface area contributed by atoms with Crippen LogP contribution < -0.4 is 9.80 Å². The molecule has 1 aliphatic carbocycles. The summed E-state index contributed by atoms with van der Waals surface area (Å²) < 4.78 is 0. The van der Waals surface area contributed by atoms with Crippen molar-refractivity contribution in [2.45, 2.75) is 40.2 Å². The maximum absolute atomic E-state index is 2.47. The second kappa shape index (κ2) is 20.9. The second-order valence-electron chi connectivity index (χ2n) is 15.6. The van der Waals surface area contributed by atoms with E-state index in [0.717, 1.165) is 29.2 Å². The fourth-order valence-electron chi connectivity index (χ4n) is 8.46. The molecule has 1 unspecified atom stereocenters. The van der Waals surface area contributed by atoms with Gasteiger partial charge in [0.05, 0.1) is 6.04 Å². The van der Waals surface area contributed by atoms with E-state index in [2.05, 4.69) is 272 Å². The zero-order valence-corrected chi connectivity index (χ0v) is 37.4. The van der Waals surface area contributed by atoms with Crippen LogP contribution in [0.4, 0.5) is 28.4 Å². The van der Waals surface area contributed by atoms with Crippen LogP contribution >= 0.6 is 0 Å². The second-order valence-corrected chi connectivity index (χ2v) is 15.6. The molecule has 9 rings (SSSR count). The maximum atomic E-state index is 2.47. The Hall–Kier alpha value is -7.68. The lowest BCUT2D eigenvalue weighted by Crippen LogP contribution is -2.30. The summed E-state index contributed by atoms with van der Waals surface area (Å²) in [7, 11) is 0. The number of hydrogen-bond donors (Lipinski definition) is 0. The summed E-state index contributed by atoms with van der Waals surface area (Å²) in [5, 5.41) is 0. The van der Waals surface area contributed by atoms with Gasteiger partial charge in [0.25, 0.3) is 0 Å². The maximum Gasteiger partial charge on any atom is 0.0560 e. The van der Waals surface area contributed by atoms with Gasteiger partial charge in [-0.05, 0) is 137 Å². The van der Waals surface area contributed by atoms with E-state index >= 15 is 0 Å². The predicted molar refractivity (Wildman–Crippen MR) is 278 cm³/mol. The summed E-state index contributed by atoms with van der Waals surface area (Å²) in [6.45, 7) is 8.15. The zero-order valence-electron chi connectivity index (χ0n) is 37.4. The largest absolute Gasteiger partial charge is 0.334 e. The summed E-state index contributed by atoms with van der Waals surface area (Å²) in [6.07, 6.45) is 14.3.